The lowest BCUT2D eigenvalue weighted by atomic mass is 9.85. The van der Waals surface area contributed by atoms with E-state index in [0.717, 1.165) is 50.9 Å². The van der Waals surface area contributed by atoms with Crippen LogP contribution in [0.5, 0.6) is 0 Å². The van der Waals surface area contributed by atoms with Gasteiger partial charge in [0.2, 0.25) is 0 Å². The second kappa shape index (κ2) is 16.6. The summed E-state index contributed by atoms with van der Waals surface area (Å²) in [7, 11) is 0. The summed E-state index contributed by atoms with van der Waals surface area (Å²) in [5, 5.41) is 11.5. The molecule has 0 aromatic heterocycles. The minimum atomic E-state index is -0.788. The highest BCUT2D eigenvalue weighted by atomic mass is 16.7. The molecule has 4 nitrogen and oxygen atoms in total. The third-order valence-corrected chi connectivity index (χ3v) is 6.45. The number of rotatable bonds is 18. The van der Waals surface area contributed by atoms with Gasteiger partial charge in [-0.2, -0.15) is 0 Å². The zero-order valence-electron chi connectivity index (χ0n) is 20.7. The molecule has 0 radical (unpaired) electrons. The molecule has 1 fully saturated rings. The van der Waals surface area contributed by atoms with Crippen LogP contribution in [0.2, 0.25) is 0 Å². The Labute approximate surface area is 197 Å². The predicted octanol–water partition coefficient (Wildman–Crippen LogP) is 7.03. The number of unbranched alkanes of at least 4 members (excludes halogenated alkanes) is 8. The van der Waals surface area contributed by atoms with Crippen LogP contribution in [0, 0.1) is 5.92 Å². The maximum atomic E-state index is 11.5. The normalized spacial score (nSPS) is 17.8. The van der Waals surface area contributed by atoms with E-state index < -0.39 is 5.60 Å². The largest absolute Gasteiger partial charge is 0.387 e. The Kier molecular flexibility index (Phi) is 14.2. The summed E-state index contributed by atoms with van der Waals surface area (Å²) in [5.74, 6) is 0.321. The average Bonchev–Trinajstić information content (AvgIpc) is 2.79. The van der Waals surface area contributed by atoms with E-state index >= 15 is 0 Å². The minimum absolute atomic E-state index is 0.124. The summed E-state index contributed by atoms with van der Waals surface area (Å²) in [6.07, 6.45) is 14.8. The van der Waals surface area contributed by atoms with Gasteiger partial charge in [0.05, 0.1) is 32.0 Å². The van der Waals surface area contributed by atoms with Crippen molar-refractivity contribution in [2.24, 2.45) is 5.92 Å². The molecule has 1 aliphatic rings. The lowest BCUT2D eigenvalue weighted by Gasteiger charge is -2.33. The van der Waals surface area contributed by atoms with Gasteiger partial charge in [0.15, 0.2) is 6.29 Å². The van der Waals surface area contributed by atoms with Gasteiger partial charge in [-0.15, -0.1) is 0 Å². The van der Waals surface area contributed by atoms with Gasteiger partial charge in [-0.1, -0.05) is 102 Å². The van der Waals surface area contributed by atoms with Crippen molar-refractivity contribution in [3.63, 3.8) is 0 Å². The molecule has 4 heteroatoms. The van der Waals surface area contributed by atoms with E-state index in [4.69, 9.17) is 14.2 Å². The van der Waals surface area contributed by atoms with Crippen molar-refractivity contribution in [1.29, 1.82) is 0 Å². The SMILES string of the molecule is CCCCCCCCCCC[C@@](O)(COCc1ccccc1)C[C@@H](C)CC1OCCCO1. The molecule has 2 rings (SSSR count). The van der Waals surface area contributed by atoms with Crippen molar-refractivity contribution in [1.82, 2.24) is 0 Å². The van der Waals surface area contributed by atoms with Crippen molar-refractivity contribution >= 4 is 0 Å². The van der Waals surface area contributed by atoms with Gasteiger partial charge >= 0.3 is 0 Å². The smallest absolute Gasteiger partial charge is 0.157 e. The van der Waals surface area contributed by atoms with Crippen molar-refractivity contribution in [2.45, 2.75) is 116 Å². The molecule has 0 saturated carbocycles. The highest BCUT2D eigenvalue weighted by molar-refractivity contribution is 5.13. The number of hydrogen-bond acceptors (Lipinski definition) is 4. The van der Waals surface area contributed by atoms with Crippen LogP contribution in [0.1, 0.15) is 103 Å². The van der Waals surface area contributed by atoms with E-state index in [1.165, 1.54) is 51.4 Å². The van der Waals surface area contributed by atoms with Crippen LogP contribution in [0.3, 0.4) is 0 Å². The molecule has 1 aromatic carbocycles. The summed E-state index contributed by atoms with van der Waals surface area (Å²) in [6.45, 7) is 6.95. The number of benzene rings is 1. The highest BCUT2D eigenvalue weighted by Gasteiger charge is 2.31. The quantitative estimate of drug-likeness (QED) is 0.245. The summed E-state index contributed by atoms with van der Waals surface area (Å²) in [5.41, 5.74) is 0.360. The van der Waals surface area contributed by atoms with Crippen LogP contribution in [0.15, 0.2) is 30.3 Å². The molecule has 0 aliphatic carbocycles. The fraction of sp³-hybridized carbons (Fsp3) is 0.786. The number of ether oxygens (including phenoxy) is 3. The fourth-order valence-corrected chi connectivity index (χ4v) is 4.66. The van der Waals surface area contributed by atoms with Gasteiger partial charge in [0.1, 0.15) is 0 Å². The molecular formula is C28H48O4. The second-order valence-electron chi connectivity index (χ2n) is 9.85. The fourth-order valence-electron chi connectivity index (χ4n) is 4.66. The van der Waals surface area contributed by atoms with E-state index in [1.54, 1.807) is 0 Å². The van der Waals surface area contributed by atoms with E-state index in [2.05, 4.69) is 26.0 Å². The van der Waals surface area contributed by atoms with Gasteiger partial charge in [-0.05, 0) is 30.7 Å². The molecule has 1 aromatic rings. The molecule has 2 atom stereocenters. The Morgan fingerprint density at radius 2 is 1.59 bits per heavy atom. The van der Waals surface area contributed by atoms with Crippen molar-refractivity contribution in [2.75, 3.05) is 19.8 Å². The lowest BCUT2D eigenvalue weighted by Crippen LogP contribution is -2.38. The molecule has 184 valence electrons. The highest BCUT2D eigenvalue weighted by Crippen LogP contribution is 2.28. The van der Waals surface area contributed by atoms with Crippen LogP contribution in [0.25, 0.3) is 0 Å². The van der Waals surface area contributed by atoms with Crippen molar-refractivity contribution < 1.29 is 19.3 Å². The summed E-state index contributed by atoms with van der Waals surface area (Å²) in [4.78, 5) is 0. The van der Waals surface area contributed by atoms with Gasteiger partial charge in [-0.3, -0.25) is 0 Å². The first-order chi connectivity index (χ1) is 15.6. The number of hydrogen-bond donors (Lipinski definition) is 1. The summed E-state index contributed by atoms with van der Waals surface area (Å²) < 4.78 is 17.5. The van der Waals surface area contributed by atoms with Crippen LogP contribution >= 0.6 is 0 Å². The van der Waals surface area contributed by atoms with E-state index in [0.29, 0.717) is 19.1 Å². The lowest BCUT2D eigenvalue weighted by molar-refractivity contribution is -0.188. The second-order valence-corrected chi connectivity index (χ2v) is 9.85. The molecule has 32 heavy (non-hydrogen) atoms. The summed E-state index contributed by atoms with van der Waals surface area (Å²) in [6, 6.07) is 10.2. The third kappa shape index (κ3) is 12.3. The van der Waals surface area contributed by atoms with Gasteiger partial charge < -0.3 is 19.3 Å². The Hall–Kier alpha value is -0.940. The first-order valence-corrected chi connectivity index (χ1v) is 13.2. The maximum Gasteiger partial charge on any atom is 0.157 e. The monoisotopic (exact) mass is 448 g/mol. The van der Waals surface area contributed by atoms with Crippen molar-refractivity contribution in [3.8, 4) is 0 Å². The van der Waals surface area contributed by atoms with Gasteiger partial charge in [0.25, 0.3) is 0 Å². The minimum Gasteiger partial charge on any atom is -0.387 e. The van der Waals surface area contributed by atoms with E-state index in [1.807, 2.05) is 18.2 Å². The topological polar surface area (TPSA) is 47.9 Å². The Balaban J connectivity index is 1.74. The van der Waals surface area contributed by atoms with Crippen LogP contribution in [-0.4, -0.2) is 36.8 Å². The zero-order valence-corrected chi connectivity index (χ0v) is 20.7. The average molecular weight is 449 g/mol. The molecule has 0 bridgehead atoms. The molecule has 1 aliphatic heterocycles. The zero-order chi connectivity index (χ0) is 22.9. The molecular weight excluding hydrogens is 400 g/mol. The maximum absolute atomic E-state index is 11.5. The Morgan fingerprint density at radius 1 is 0.969 bits per heavy atom. The molecule has 0 spiro atoms. The van der Waals surface area contributed by atoms with Crippen LogP contribution < -0.4 is 0 Å². The first kappa shape index (κ1) is 27.3. The first-order valence-electron chi connectivity index (χ1n) is 13.2. The molecule has 0 unspecified atom stereocenters. The molecule has 0 amide bonds. The van der Waals surface area contributed by atoms with Crippen molar-refractivity contribution in [3.05, 3.63) is 35.9 Å². The van der Waals surface area contributed by atoms with E-state index in [9.17, 15) is 5.11 Å². The molecule has 1 N–H and O–H groups in total. The molecule has 1 heterocycles. The van der Waals surface area contributed by atoms with Crippen LogP contribution in [-0.2, 0) is 20.8 Å². The Bertz CT molecular complexity index is 558. The summed E-state index contributed by atoms with van der Waals surface area (Å²) >= 11 is 0. The third-order valence-electron chi connectivity index (χ3n) is 6.45. The number of aliphatic hydroxyl groups is 1. The molecule has 1 saturated heterocycles. The van der Waals surface area contributed by atoms with E-state index in [-0.39, 0.29) is 6.29 Å². The van der Waals surface area contributed by atoms with Gasteiger partial charge in [-0.25, -0.2) is 0 Å². The standard InChI is InChI=1S/C28H48O4/c1-3-4-5-6-7-8-9-10-14-18-28(29,24-30-23-26-16-12-11-13-17-26)22-25(2)21-27-31-19-15-20-32-27/h11-13,16-17,25,27,29H,3-10,14-15,18-24H2,1-2H3/t25-,28-/m0/s1. The predicted molar refractivity (Wildman–Crippen MR) is 132 cm³/mol. The van der Waals surface area contributed by atoms with Crippen LogP contribution in [0.4, 0.5) is 0 Å². The Morgan fingerprint density at radius 3 is 2.25 bits per heavy atom. The van der Waals surface area contributed by atoms with Gasteiger partial charge in [0, 0.05) is 6.42 Å².